The van der Waals surface area contributed by atoms with E-state index in [9.17, 15) is 9.90 Å². The molecule has 0 aliphatic rings. The molecule has 0 aromatic heterocycles. The van der Waals surface area contributed by atoms with Gasteiger partial charge in [0, 0.05) is 0 Å². The van der Waals surface area contributed by atoms with Crippen molar-refractivity contribution in [2.24, 2.45) is 0 Å². The van der Waals surface area contributed by atoms with Crippen LogP contribution in [0, 0.1) is 0 Å². The first kappa shape index (κ1) is 36.7. The second-order valence-corrected chi connectivity index (χ2v) is 2.52. The number of carbonyl (C=O) groups excluding carboxylic acids is 1. The molecule has 0 saturated heterocycles. The Balaban J connectivity index is -0.0000000326. The fourth-order valence-electron chi connectivity index (χ4n) is 0.286. The van der Waals surface area contributed by atoms with E-state index in [2.05, 4.69) is 0 Å². The van der Waals surface area contributed by atoms with Crippen molar-refractivity contribution in [2.45, 2.75) is 41.5 Å². The summed E-state index contributed by atoms with van der Waals surface area (Å²) >= 11 is 0. The van der Waals surface area contributed by atoms with E-state index in [0.717, 1.165) is 6.08 Å². The number of hydrogen-bond donors (Lipinski definition) is 0. The van der Waals surface area contributed by atoms with Gasteiger partial charge >= 0.3 is 22.4 Å². The first-order chi connectivity index (χ1) is 8.78. The van der Waals surface area contributed by atoms with Crippen LogP contribution in [0.15, 0.2) is 11.8 Å². The molecule has 120 valence electrons. The monoisotopic (exact) mass is 460 g/mol. The van der Waals surface area contributed by atoms with Crippen LogP contribution in [0.2, 0.25) is 0 Å². The van der Waals surface area contributed by atoms with E-state index in [0.29, 0.717) is 0 Å². The molecule has 0 aliphatic carbocycles. The predicted octanol–water partition coefficient (Wildman–Crippen LogP) is -2.70. The summed E-state index contributed by atoms with van der Waals surface area (Å²) < 4.78 is 0. The Kier molecular flexibility index (Phi) is 93.8. The molecule has 20 heavy (non-hydrogen) atoms. The third kappa shape index (κ3) is 349. The van der Waals surface area contributed by atoms with Crippen LogP contribution in [-0.4, -0.2) is 32.2 Å². The summed E-state index contributed by atoms with van der Waals surface area (Å²) in [4.78, 5) is 9.98. The second-order valence-electron chi connectivity index (χ2n) is 2.52. The molecule has 0 spiro atoms. The first-order valence-electron chi connectivity index (χ1n) is 5.97. The molecule has 0 saturated carbocycles. The Bertz CT molecular complexity index is 151. The maximum Gasteiger partial charge on any atom is 5.00 e. The maximum absolute atomic E-state index is 9.98. The van der Waals surface area contributed by atoms with Gasteiger partial charge < -0.3 is 25.5 Å². The van der Waals surface area contributed by atoms with Gasteiger partial charge in [-0.2, -0.15) is 0 Å². The molecule has 0 rings (SSSR count). The van der Waals surface area contributed by atoms with Crippen molar-refractivity contribution in [3.63, 3.8) is 0 Å². The number of hydrogen-bond acceptors (Lipinski definition) is 6. The molecule has 0 radical (unpaired) electrons. The fraction of sp³-hybridized carbons (Fsp3) is 0.769. The molecule has 0 bridgehead atoms. The predicted molar refractivity (Wildman–Crippen MR) is 66.6 cm³/mol. The molecule has 0 aromatic rings. The van der Waals surface area contributed by atoms with Crippen LogP contribution >= 0.6 is 0 Å². The van der Waals surface area contributed by atoms with Crippen molar-refractivity contribution in [2.75, 3.05) is 26.4 Å². The minimum atomic E-state index is -0.187. The van der Waals surface area contributed by atoms with Gasteiger partial charge in [0.05, 0.1) is 0 Å². The molecular weight excluding hydrogens is 433 g/mol. The normalized spacial score (nSPS) is 7.60. The zero-order chi connectivity index (χ0) is 16.7. The molecule has 0 unspecified atom stereocenters. The maximum atomic E-state index is 9.98. The van der Waals surface area contributed by atoms with Crippen LogP contribution in [0.4, 0.5) is 0 Å². The molecule has 0 heterocycles. The van der Waals surface area contributed by atoms with Crippen molar-refractivity contribution < 1.29 is 52.7 Å². The average molecular weight is 460 g/mol. The van der Waals surface area contributed by atoms with Crippen LogP contribution in [0.5, 0.6) is 0 Å². The smallest absolute Gasteiger partial charge is 0.876 e. The molecule has 0 amide bonds. The number of carbonyl (C=O) groups is 1. The van der Waals surface area contributed by atoms with E-state index in [1.54, 1.807) is 27.7 Å². The average Bonchev–Trinajstić information content (AvgIpc) is 2.19. The third-order valence-electron chi connectivity index (χ3n) is 0.407. The van der Waals surface area contributed by atoms with Gasteiger partial charge in [0.15, 0.2) is 5.78 Å². The summed E-state index contributed by atoms with van der Waals surface area (Å²) in [5, 5.41) is 45.7. The van der Waals surface area contributed by atoms with Crippen molar-refractivity contribution in [1.82, 2.24) is 0 Å². The van der Waals surface area contributed by atoms with E-state index in [1.165, 1.54) is 13.8 Å². The minimum absolute atomic E-state index is 0. The molecule has 0 aromatic carbocycles. The van der Waals surface area contributed by atoms with Crippen molar-refractivity contribution in [1.29, 1.82) is 0 Å². The van der Waals surface area contributed by atoms with Crippen LogP contribution in [-0.2, 0) is 27.2 Å². The van der Waals surface area contributed by atoms with Gasteiger partial charge in [0.1, 0.15) is 0 Å². The number of allylic oxidation sites excluding steroid dienone is 2. The van der Waals surface area contributed by atoms with Gasteiger partial charge in [-0.25, -0.2) is 0 Å². The van der Waals surface area contributed by atoms with Gasteiger partial charge in [-0.3, -0.25) is 4.79 Å². The van der Waals surface area contributed by atoms with E-state index >= 15 is 0 Å². The molecular formula is C13H27O6Ta. The summed E-state index contributed by atoms with van der Waals surface area (Å²) in [5.74, 6) is -0.375. The minimum Gasteiger partial charge on any atom is -0.876 e. The van der Waals surface area contributed by atoms with Crippen molar-refractivity contribution in [3.8, 4) is 0 Å². The summed E-state index contributed by atoms with van der Waals surface area (Å²) in [6, 6.07) is 0. The number of ketones is 1. The van der Waals surface area contributed by atoms with E-state index in [1.807, 2.05) is 0 Å². The Morgan fingerprint density at radius 2 is 0.950 bits per heavy atom. The van der Waals surface area contributed by atoms with Gasteiger partial charge in [-0.15, -0.1) is 32.2 Å². The Hall–Kier alpha value is -0.210. The third-order valence-corrected chi connectivity index (χ3v) is 0.407. The van der Waals surface area contributed by atoms with E-state index < -0.39 is 0 Å². The van der Waals surface area contributed by atoms with Gasteiger partial charge in [0.25, 0.3) is 0 Å². The summed E-state index contributed by atoms with van der Waals surface area (Å²) in [5.41, 5.74) is 0. The molecule has 6 nitrogen and oxygen atoms in total. The zero-order valence-electron chi connectivity index (χ0n) is 13.3. The van der Waals surface area contributed by atoms with Crippen LogP contribution in [0.25, 0.3) is 0 Å². The van der Waals surface area contributed by atoms with E-state index in [-0.39, 0.29) is 60.4 Å². The van der Waals surface area contributed by atoms with E-state index in [4.69, 9.17) is 20.4 Å². The summed E-state index contributed by atoms with van der Waals surface area (Å²) in [6.45, 7) is 8.98. The van der Waals surface area contributed by atoms with Crippen LogP contribution in [0.1, 0.15) is 41.5 Å². The SMILES string of the molecule is CC(=O)C=C(C)[O-].CC[O-].CC[O-].CC[O-].CC[O-].[Ta+5]. The zero-order valence-corrected chi connectivity index (χ0v) is 16.5. The van der Waals surface area contributed by atoms with Crippen LogP contribution < -0.4 is 25.5 Å². The van der Waals surface area contributed by atoms with Crippen LogP contribution in [0.3, 0.4) is 0 Å². The first-order valence-corrected chi connectivity index (χ1v) is 5.97. The van der Waals surface area contributed by atoms with Gasteiger partial charge in [-0.05, 0) is 13.0 Å². The Labute approximate surface area is 138 Å². The molecule has 0 aliphatic heterocycles. The fourth-order valence-corrected chi connectivity index (χ4v) is 0.286. The standard InChI is InChI=1S/C5H8O2.4C2H5O.Ta/c1-4(6)3-5(2)7;4*1-2-3;/h3,6H,1-2H3;4*2H2,1H3;/q;4*-1;+5/p-1. The van der Waals surface area contributed by atoms with Crippen molar-refractivity contribution >= 4 is 5.78 Å². The summed E-state index contributed by atoms with van der Waals surface area (Å²) in [7, 11) is 0. The van der Waals surface area contributed by atoms with Crippen molar-refractivity contribution in [3.05, 3.63) is 11.8 Å². The van der Waals surface area contributed by atoms with Gasteiger partial charge in [-0.1, -0.05) is 34.6 Å². The second kappa shape index (κ2) is 51.1. The van der Waals surface area contributed by atoms with Gasteiger partial charge in [0.2, 0.25) is 0 Å². The Morgan fingerprint density at radius 1 is 0.800 bits per heavy atom. The molecule has 0 N–H and O–H groups in total. The largest absolute Gasteiger partial charge is 5.00 e. The number of rotatable bonds is 1. The summed E-state index contributed by atoms with van der Waals surface area (Å²) in [6.07, 6.45) is 1.06. The molecule has 0 atom stereocenters. The topological polar surface area (TPSA) is 132 Å². The molecule has 0 fully saturated rings. The Morgan fingerprint density at radius 3 is 0.950 bits per heavy atom. The molecule has 7 heteroatoms. The quantitative estimate of drug-likeness (QED) is 0.309.